The van der Waals surface area contributed by atoms with Gasteiger partial charge in [0.1, 0.15) is 135 Å². The molecule has 0 aliphatic carbocycles. The largest absolute Gasteiger partial charge is 0.480 e. The molecular weight excluding hydrogens is 1940 g/mol. The van der Waals surface area contributed by atoms with Gasteiger partial charge in [0.05, 0.1) is 70.1 Å². The molecule has 0 saturated carbocycles. The number of carboxylic acids is 1. The molecular formula is C65H87N25O39P6. The summed E-state index contributed by atoms with van der Waals surface area (Å²) in [6, 6.07) is 2.33. The lowest BCUT2D eigenvalue weighted by molar-refractivity contribution is -0.140. The van der Waals surface area contributed by atoms with Crippen molar-refractivity contribution >= 4 is 122 Å². The first-order valence-electron chi connectivity index (χ1n) is 40.0. The van der Waals surface area contributed by atoms with E-state index >= 15 is 0 Å². The number of carbonyl (C=O) groups excluding carboxylic acids is 1. The number of rotatable bonds is 40. The van der Waals surface area contributed by atoms with Crippen molar-refractivity contribution in [3.63, 3.8) is 0 Å². The summed E-state index contributed by atoms with van der Waals surface area (Å²) < 4.78 is 194. The van der Waals surface area contributed by atoms with Gasteiger partial charge in [0.2, 0.25) is 17.8 Å². The van der Waals surface area contributed by atoms with E-state index in [4.69, 9.17) is 122 Å². The zero-order valence-corrected chi connectivity index (χ0v) is 75.4. The van der Waals surface area contributed by atoms with Crippen molar-refractivity contribution in [2.24, 2.45) is 11.1 Å². The maximum Gasteiger partial charge on any atom is 0.472 e. The van der Waals surface area contributed by atoms with Crippen molar-refractivity contribution in [3.05, 3.63) is 124 Å². The summed E-state index contributed by atoms with van der Waals surface area (Å²) in [5.74, 6) is -3.69. The number of anilines is 5. The molecule has 15 heterocycles. The van der Waals surface area contributed by atoms with E-state index in [-0.39, 0.29) is 75.4 Å². The Morgan fingerprint density at radius 2 is 0.785 bits per heavy atom. The Morgan fingerprint density at radius 3 is 1.15 bits per heavy atom. The van der Waals surface area contributed by atoms with Crippen LogP contribution in [0.3, 0.4) is 0 Å². The molecule has 6 fully saturated rings. The number of aliphatic carboxylic acids is 1. The number of phosphoric acid groups is 6. The highest BCUT2D eigenvalue weighted by Crippen LogP contribution is 2.58. The first kappa shape index (κ1) is 99.5. The maximum absolute atomic E-state index is 14.6. The average molecular weight is 2030 g/mol. The van der Waals surface area contributed by atoms with Crippen LogP contribution in [0.15, 0.2) is 84.8 Å². The Bertz CT molecular complexity index is 6670. The lowest BCUT2D eigenvalue weighted by Crippen LogP contribution is -2.42. The first-order valence-corrected chi connectivity index (χ1v) is 49.0. The number of amides is 1. The molecule has 6 saturated heterocycles. The molecule has 0 spiro atoms. The molecule has 64 nitrogen and oxygen atoms in total. The van der Waals surface area contributed by atoms with Crippen LogP contribution in [0.1, 0.15) is 95.3 Å². The Labute approximate surface area is 752 Å². The van der Waals surface area contributed by atoms with Crippen molar-refractivity contribution in [2.45, 2.75) is 170 Å². The number of ether oxygens (including phenoxy) is 6. The van der Waals surface area contributed by atoms with Crippen LogP contribution in [-0.2, 0) is 120 Å². The number of aryl methyl sites for hydroxylation is 1. The number of phosphoric ester groups is 6. The van der Waals surface area contributed by atoms with Gasteiger partial charge in [-0.15, -0.1) is 0 Å². The van der Waals surface area contributed by atoms with Crippen LogP contribution in [0.4, 0.5) is 29.4 Å². The summed E-state index contributed by atoms with van der Waals surface area (Å²) in [5, 5.41) is 11.2. The zero-order valence-electron chi connectivity index (χ0n) is 70.0. The molecule has 9 aromatic heterocycles. The van der Waals surface area contributed by atoms with E-state index in [0.717, 1.165) is 55.7 Å². The Kier molecular flexibility index (Phi) is 29.1. The van der Waals surface area contributed by atoms with Crippen LogP contribution in [-0.4, -0.2) is 260 Å². The van der Waals surface area contributed by atoms with E-state index < -0.39 is 293 Å². The second-order valence-electron chi connectivity index (χ2n) is 31.5. The fraction of sp³-hybridized carbons (Fsp3) is 0.554. The van der Waals surface area contributed by atoms with Crippen LogP contribution in [0.2, 0.25) is 0 Å². The van der Waals surface area contributed by atoms with Gasteiger partial charge in [-0.1, -0.05) is 0 Å². The topological polar surface area (TPSA) is 908 Å². The number of aromatic nitrogens is 18. The minimum Gasteiger partial charge on any atom is -0.480 e. The number of nitrogens with two attached hydrogens (primary N) is 6. The SMILES string of the molecule is Cc1cn([C@H]2C[C@H](OP(=O)(O)OC[C@H]3O[C@@H](n4cnc5c(=O)[nH]c(N)nc54)C[C@@H]3OP(=O)(O)OC[C@H]3O[C@@H](n4ccc(N)nc4=O)C[C@@H]3OP(=O)(O)OC[C@H]3O[C@@H](n4cnc5c(=O)[nH]c(N)nc54)C[C@@H]3OP(=O)(O)OC[C@H]3O[C@@H](n4ccc(N)nc4=O)C[C@@H]3OP(=O)(O)OC[C@H]3O[C@@H](n4cnc5c(N)ncnc54)C[C@@H]3OP(=O)(O)OCC(C)(C)C(=O)NCC(=O)O)[C@@H](CN)O2)c(=O)[nH]c1=O. The van der Waals surface area contributed by atoms with E-state index in [0.29, 0.717) is 0 Å². The number of hydrogen-bond acceptors (Lipinski definition) is 47. The molecule has 6 aliphatic rings. The highest BCUT2D eigenvalue weighted by Gasteiger charge is 2.53. The van der Waals surface area contributed by atoms with Gasteiger partial charge in [0.25, 0.3) is 16.7 Å². The van der Waals surface area contributed by atoms with Crippen molar-refractivity contribution in [1.82, 2.24) is 92.5 Å². The fourth-order valence-corrected chi connectivity index (χ4v) is 21.0. The third kappa shape index (κ3) is 23.4. The number of nitrogen functional groups attached to an aromatic ring is 5. The molecule has 9 aromatic rings. The van der Waals surface area contributed by atoms with Gasteiger partial charge < -0.3 is 103 Å². The summed E-state index contributed by atoms with van der Waals surface area (Å²) in [6.07, 6.45) is -23.7. The Morgan fingerprint density at radius 1 is 0.452 bits per heavy atom. The number of aromatic amines is 3. The summed E-state index contributed by atoms with van der Waals surface area (Å²) in [4.78, 5) is 213. The van der Waals surface area contributed by atoms with Gasteiger partial charge >= 0.3 is 70.0 Å². The summed E-state index contributed by atoms with van der Waals surface area (Å²) in [6.45, 7) is -3.62. The fourth-order valence-electron chi connectivity index (χ4n) is 15.1. The Hall–Kier alpha value is -9.99. The number of fused-ring (bicyclic) bond motifs is 3. The number of nitrogens with zero attached hydrogens (tertiary/aromatic N) is 15. The molecule has 0 aromatic carbocycles. The highest BCUT2D eigenvalue weighted by molar-refractivity contribution is 7.48. The zero-order chi connectivity index (χ0) is 97.1. The number of carboxylic acid groups (broad SMARTS) is 1. The first-order chi connectivity index (χ1) is 63.5. The highest BCUT2D eigenvalue weighted by atomic mass is 31.2. The molecule has 15 rings (SSSR count). The number of imidazole rings is 3. The second kappa shape index (κ2) is 39.5. The third-order valence-corrected chi connectivity index (χ3v) is 27.6. The minimum atomic E-state index is -5.71. The van der Waals surface area contributed by atoms with Crippen LogP contribution in [0, 0.1) is 12.3 Å². The molecule has 6 aliphatic heterocycles. The summed E-state index contributed by atoms with van der Waals surface area (Å²) in [7, 11) is -33.2. The standard InChI is InChI=1S/C65H87N25O39P6/c1-27-16-87(64(99)84-56(27)93)44-8-28(34(14-66)118-44)124-130(100,101)112-19-37-31(12-46(122-37)89-25-76-50-54(89)80-60(70)82-57(50)94)127-133(106,107)113-17-35-29(9-42(119-35)85-6-4-40(67)78-62(85)97)125-131(102,103)115-20-38-32(13-47(123-38)90-26-77-51-55(90)81-61(71)83-58(51)95)128-134(108,109)114-18-36-30(10-43(120-36)86-7-5-41(68)79-63(86)98)126-132(104,105)116-21-39-33(11-45(121-39)88-24-75-49-52(69)73-23-74-53(49)88)129-135(110,111)117-22-65(2,3)59(96)72-15-48(91)92/h4-7,16,23-26,28-39,42-47H,8-15,17-22,66H2,1-3H3,(H,72,96)(H,91,92)(H,100,101)(H,102,103)(H,104,105)(H,106,107)(H,108,109)(H,110,111)(H2,67,78,97)(H2,68,79,98)(H2,69,73,74)(H,84,93,99)(H3,70,80,82,94)(H3,71,81,83,95)/t28-,29-,30-,31-,32-,33-,34+,35+,36+,37+,38+,39+,42+,43+,44+,45+,46+,47+/m0/s1. The second-order valence-corrected chi connectivity index (χ2v) is 39.9. The quantitative estimate of drug-likeness (QED) is 0.0174. The van der Waals surface area contributed by atoms with Gasteiger partial charge in [-0.3, -0.25) is 121 Å². The van der Waals surface area contributed by atoms with Crippen molar-refractivity contribution in [3.8, 4) is 0 Å². The van der Waals surface area contributed by atoms with E-state index in [2.05, 4.69) is 65.1 Å². The summed E-state index contributed by atoms with van der Waals surface area (Å²) >= 11 is 0. The number of carbonyl (C=O) groups is 2. The number of H-pyrrole nitrogens is 3. The van der Waals surface area contributed by atoms with Crippen LogP contribution < -0.4 is 73.5 Å². The molecule has 0 radical (unpaired) electrons. The molecule has 1 amide bonds. The monoisotopic (exact) mass is 2030 g/mol. The predicted octanol–water partition coefficient (Wildman–Crippen LogP) is -2.70. The molecule has 736 valence electrons. The summed E-state index contributed by atoms with van der Waals surface area (Å²) in [5.41, 5.74) is 27.6. The van der Waals surface area contributed by atoms with Crippen molar-refractivity contribution in [2.75, 3.05) is 81.4 Å². The van der Waals surface area contributed by atoms with E-state index in [1.807, 2.05) is 0 Å². The van der Waals surface area contributed by atoms with E-state index in [1.165, 1.54) is 48.5 Å². The lowest BCUT2D eigenvalue weighted by Gasteiger charge is -2.26. The molecule has 0 bridgehead atoms. The molecule has 24 atom stereocenters. The molecule has 6 unspecified atom stereocenters. The molecule has 70 heteroatoms. The molecule has 23 N–H and O–H groups in total. The van der Waals surface area contributed by atoms with Crippen molar-refractivity contribution < 1.29 is 154 Å². The smallest absolute Gasteiger partial charge is 0.472 e. The maximum atomic E-state index is 14.6. The predicted molar refractivity (Wildman–Crippen MR) is 445 cm³/mol. The van der Waals surface area contributed by atoms with Crippen LogP contribution in [0.25, 0.3) is 33.5 Å². The van der Waals surface area contributed by atoms with Crippen molar-refractivity contribution in [1.29, 1.82) is 0 Å². The number of nitrogens with one attached hydrogen (secondary N) is 4. The van der Waals surface area contributed by atoms with Crippen LogP contribution >= 0.6 is 46.9 Å². The molecule has 135 heavy (non-hydrogen) atoms. The lowest BCUT2D eigenvalue weighted by atomic mass is 9.94. The van der Waals surface area contributed by atoms with Gasteiger partial charge in [0, 0.05) is 69.2 Å². The average Bonchev–Trinajstić information content (AvgIpc) is 1.63. The Balaban J connectivity index is 0.637. The van der Waals surface area contributed by atoms with Gasteiger partial charge in [-0.2, -0.15) is 19.9 Å². The van der Waals surface area contributed by atoms with E-state index in [9.17, 15) is 95.1 Å². The van der Waals surface area contributed by atoms with E-state index in [1.54, 1.807) is 0 Å². The van der Waals surface area contributed by atoms with Crippen LogP contribution in [0.5, 0.6) is 0 Å². The normalized spacial score (nSPS) is 28.2. The van der Waals surface area contributed by atoms with Gasteiger partial charge in [-0.25, -0.2) is 66.7 Å². The van der Waals surface area contributed by atoms with Gasteiger partial charge in [-0.05, 0) is 32.9 Å². The number of hydrogen-bond donors (Lipinski definition) is 17. The minimum absolute atomic E-state index is 0.0636. The van der Waals surface area contributed by atoms with Gasteiger partial charge in [0.15, 0.2) is 33.8 Å². The third-order valence-electron chi connectivity index (χ3n) is 21.5.